The number of aryl methyl sites for hydroxylation is 1. The number of furan rings is 1. The fraction of sp³-hybridized carbons (Fsp3) is 0.185. The summed E-state index contributed by atoms with van der Waals surface area (Å²) in [4.78, 5) is 28.7. The number of H-pyrrole nitrogens is 1. The van der Waals surface area contributed by atoms with E-state index in [1.54, 1.807) is 26.2 Å². The number of methoxy groups -OCH3 is 1. The standard InChI is InChI=1S/C27H24N2O5/c1-16-13-23(30)27-26(33-16)21(25(34-27)17-7-9-19(32-2)10-8-17)14-24(31)28-12-11-18-15-29-22-6-4-3-5-20(18)22/h3-10,13,15,29H,11-12,14H2,1-2H3,(H,28,31). The van der Waals surface area contributed by atoms with Gasteiger partial charge in [-0.05, 0) is 49.2 Å². The van der Waals surface area contributed by atoms with Crippen LogP contribution in [0.4, 0.5) is 0 Å². The molecule has 2 aromatic carbocycles. The Morgan fingerprint density at radius 3 is 2.65 bits per heavy atom. The molecular formula is C27H24N2O5. The number of ether oxygens (including phenoxy) is 1. The Hall–Kier alpha value is -4.26. The molecule has 0 aliphatic rings. The topological polar surface area (TPSA) is 97.5 Å². The number of nitrogens with one attached hydrogen (secondary N) is 2. The van der Waals surface area contributed by atoms with Gasteiger partial charge in [-0.25, -0.2) is 0 Å². The van der Waals surface area contributed by atoms with E-state index in [0.717, 1.165) is 22.0 Å². The van der Waals surface area contributed by atoms with Gasteiger partial charge in [0.15, 0.2) is 5.58 Å². The van der Waals surface area contributed by atoms with Gasteiger partial charge in [0, 0.05) is 35.3 Å². The highest BCUT2D eigenvalue weighted by atomic mass is 16.5. The molecular weight excluding hydrogens is 432 g/mol. The van der Waals surface area contributed by atoms with Crippen LogP contribution in [0.5, 0.6) is 5.75 Å². The molecule has 2 N–H and O–H groups in total. The lowest BCUT2D eigenvalue weighted by Crippen LogP contribution is -2.27. The number of aromatic amines is 1. The van der Waals surface area contributed by atoms with Gasteiger partial charge in [-0.1, -0.05) is 18.2 Å². The maximum Gasteiger partial charge on any atom is 0.228 e. The first-order valence-corrected chi connectivity index (χ1v) is 11.1. The Morgan fingerprint density at radius 1 is 1.06 bits per heavy atom. The average molecular weight is 456 g/mol. The van der Waals surface area contributed by atoms with Crippen molar-refractivity contribution in [2.24, 2.45) is 0 Å². The van der Waals surface area contributed by atoms with E-state index in [1.165, 1.54) is 6.07 Å². The van der Waals surface area contributed by atoms with Crippen LogP contribution in [-0.2, 0) is 17.6 Å². The lowest BCUT2D eigenvalue weighted by Gasteiger charge is -2.07. The highest BCUT2D eigenvalue weighted by Crippen LogP contribution is 2.34. The van der Waals surface area contributed by atoms with E-state index in [2.05, 4.69) is 16.4 Å². The van der Waals surface area contributed by atoms with Crippen molar-refractivity contribution >= 4 is 28.0 Å². The van der Waals surface area contributed by atoms with Crippen LogP contribution in [-0.4, -0.2) is 24.5 Å². The van der Waals surface area contributed by atoms with Crippen LogP contribution >= 0.6 is 0 Å². The number of amides is 1. The number of carbonyl (C=O) groups is 1. The minimum absolute atomic E-state index is 0.0225. The Kier molecular flexibility index (Phi) is 5.67. The second-order valence-electron chi connectivity index (χ2n) is 8.15. The van der Waals surface area contributed by atoms with Crippen molar-refractivity contribution in [2.45, 2.75) is 19.8 Å². The Morgan fingerprint density at radius 2 is 1.85 bits per heavy atom. The second-order valence-corrected chi connectivity index (χ2v) is 8.15. The van der Waals surface area contributed by atoms with E-state index in [9.17, 15) is 9.59 Å². The van der Waals surface area contributed by atoms with Crippen LogP contribution < -0.4 is 15.5 Å². The molecule has 0 saturated carbocycles. The summed E-state index contributed by atoms with van der Waals surface area (Å²) in [6.45, 7) is 2.18. The van der Waals surface area contributed by atoms with Gasteiger partial charge in [-0.2, -0.15) is 0 Å². The minimum atomic E-state index is -0.278. The average Bonchev–Trinajstić information content (AvgIpc) is 3.41. The fourth-order valence-corrected chi connectivity index (χ4v) is 4.20. The van der Waals surface area contributed by atoms with Crippen molar-refractivity contribution < 1.29 is 18.4 Å². The van der Waals surface area contributed by atoms with Gasteiger partial charge >= 0.3 is 0 Å². The summed E-state index contributed by atoms with van der Waals surface area (Å²) in [5.74, 6) is 1.42. The quantitative estimate of drug-likeness (QED) is 0.368. The molecule has 0 bridgehead atoms. The molecule has 7 nitrogen and oxygen atoms in total. The van der Waals surface area contributed by atoms with Crippen molar-refractivity contribution in [3.05, 3.63) is 87.9 Å². The Labute approximate surface area is 195 Å². The number of rotatable bonds is 7. The van der Waals surface area contributed by atoms with Gasteiger partial charge < -0.3 is 23.9 Å². The molecule has 172 valence electrons. The number of benzene rings is 2. The Bertz CT molecular complexity index is 1540. The molecule has 7 heteroatoms. The lowest BCUT2D eigenvalue weighted by atomic mass is 10.0. The molecule has 1 amide bonds. The van der Waals surface area contributed by atoms with Gasteiger partial charge in [0.05, 0.1) is 19.1 Å². The fourth-order valence-electron chi connectivity index (χ4n) is 4.20. The molecule has 5 aromatic rings. The molecule has 0 radical (unpaired) electrons. The number of aromatic nitrogens is 1. The zero-order valence-electron chi connectivity index (χ0n) is 18.9. The van der Waals surface area contributed by atoms with Crippen LogP contribution in [0, 0.1) is 6.92 Å². The molecule has 3 heterocycles. The maximum absolute atomic E-state index is 12.9. The summed E-state index contributed by atoms with van der Waals surface area (Å²) in [5.41, 5.74) is 3.63. The molecule has 0 spiro atoms. The SMILES string of the molecule is COc1ccc(-c2oc3c(=O)cc(C)oc3c2CC(=O)NCCc2c[nH]c3ccccc23)cc1. The number of fused-ring (bicyclic) bond motifs is 2. The van der Waals surface area contributed by atoms with E-state index in [1.807, 2.05) is 36.5 Å². The van der Waals surface area contributed by atoms with Crippen LogP contribution in [0.25, 0.3) is 33.4 Å². The minimum Gasteiger partial charge on any atom is -0.497 e. The summed E-state index contributed by atoms with van der Waals surface area (Å²) in [6, 6.07) is 16.7. The third-order valence-electron chi connectivity index (χ3n) is 5.86. The van der Waals surface area contributed by atoms with E-state index >= 15 is 0 Å². The van der Waals surface area contributed by atoms with E-state index in [4.69, 9.17) is 13.6 Å². The Balaban J connectivity index is 1.40. The predicted molar refractivity (Wildman–Crippen MR) is 130 cm³/mol. The van der Waals surface area contributed by atoms with Crippen LogP contribution in [0.3, 0.4) is 0 Å². The van der Waals surface area contributed by atoms with Gasteiger partial charge in [0.1, 0.15) is 17.3 Å². The molecule has 0 saturated heterocycles. The smallest absolute Gasteiger partial charge is 0.228 e. The predicted octanol–water partition coefficient (Wildman–Crippen LogP) is 4.75. The van der Waals surface area contributed by atoms with Crippen LogP contribution in [0.2, 0.25) is 0 Å². The molecule has 3 aromatic heterocycles. The first kappa shape index (κ1) is 21.6. The third kappa shape index (κ3) is 4.08. The maximum atomic E-state index is 12.9. The number of carbonyl (C=O) groups excluding carboxylic acids is 1. The highest BCUT2D eigenvalue weighted by molar-refractivity contribution is 5.90. The lowest BCUT2D eigenvalue weighted by molar-refractivity contribution is -0.120. The molecule has 0 unspecified atom stereocenters. The number of hydrogen-bond donors (Lipinski definition) is 2. The molecule has 0 atom stereocenters. The van der Waals surface area contributed by atoms with Crippen molar-refractivity contribution in [2.75, 3.05) is 13.7 Å². The van der Waals surface area contributed by atoms with Gasteiger partial charge in [0.2, 0.25) is 16.9 Å². The van der Waals surface area contributed by atoms with Crippen molar-refractivity contribution in [1.29, 1.82) is 0 Å². The zero-order valence-corrected chi connectivity index (χ0v) is 18.9. The molecule has 0 fully saturated rings. The second kappa shape index (κ2) is 8.94. The van der Waals surface area contributed by atoms with Gasteiger partial charge in [-0.3, -0.25) is 9.59 Å². The van der Waals surface area contributed by atoms with E-state index in [0.29, 0.717) is 41.4 Å². The van der Waals surface area contributed by atoms with Crippen LogP contribution in [0.15, 0.2) is 74.4 Å². The first-order valence-electron chi connectivity index (χ1n) is 11.1. The number of para-hydroxylation sites is 1. The van der Waals surface area contributed by atoms with Crippen molar-refractivity contribution in [1.82, 2.24) is 10.3 Å². The van der Waals surface area contributed by atoms with Crippen LogP contribution in [0.1, 0.15) is 16.9 Å². The normalized spacial score (nSPS) is 11.2. The first-order chi connectivity index (χ1) is 16.5. The van der Waals surface area contributed by atoms with E-state index in [-0.39, 0.29) is 23.3 Å². The third-order valence-corrected chi connectivity index (χ3v) is 5.86. The summed E-state index contributed by atoms with van der Waals surface area (Å²) >= 11 is 0. The van der Waals surface area contributed by atoms with Gasteiger partial charge in [0.25, 0.3) is 0 Å². The number of hydrogen-bond acceptors (Lipinski definition) is 5. The van der Waals surface area contributed by atoms with Gasteiger partial charge in [-0.15, -0.1) is 0 Å². The summed E-state index contributed by atoms with van der Waals surface area (Å²) < 4.78 is 17.0. The van der Waals surface area contributed by atoms with E-state index < -0.39 is 0 Å². The molecule has 34 heavy (non-hydrogen) atoms. The highest BCUT2D eigenvalue weighted by Gasteiger charge is 2.23. The zero-order chi connectivity index (χ0) is 23.7. The van der Waals surface area contributed by atoms with Crippen molar-refractivity contribution in [3.8, 4) is 17.1 Å². The molecule has 0 aliphatic heterocycles. The molecule has 5 rings (SSSR count). The van der Waals surface area contributed by atoms with Crippen molar-refractivity contribution in [3.63, 3.8) is 0 Å². The monoisotopic (exact) mass is 456 g/mol. The molecule has 0 aliphatic carbocycles. The summed E-state index contributed by atoms with van der Waals surface area (Å²) in [6.07, 6.45) is 2.69. The summed E-state index contributed by atoms with van der Waals surface area (Å²) in [7, 11) is 1.59. The largest absolute Gasteiger partial charge is 0.497 e. The summed E-state index contributed by atoms with van der Waals surface area (Å²) in [5, 5.41) is 4.13.